The third-order valence-electron chi connectivity index (χ3n) is 4.12. The van der Waals surface area contributed by atoms with Crippen LogP contribution in [0.15, 0.2) is 30.3 Å². The summed E-state index contributed by atoms with van der Waals surface area (Å²) < 4.78 is 28.0. The molecular weight excluding hydrogens is 404 g/mol. The lowest BCUT2D eigenvalue weighted by Gasteiger charge is -2.22. The van der Waals surface area contributed by atoms with Crippen LogP contribution in [-0.4, -0.2) is 43.0 Å². The van der Waals surface area contributed by atoms with E-state index in [0.717, 1.165) is 28.5 Å². The Bertz CT molecular complexity index is 986. The Balaban J connectivity index is 0.00000280. The fourth-order valence-electron chi connectivity index (χ4n) is 2.90. The van der Waals surface area contributed by atoms with E-state index in [-0.39, 0.29) is 23.8 Å². The SMILES string of the molecule is Cc1cc(C)cc(C(=O)N(CCN(C)C)c2nc3c(F)cc(F)cc3s2)c1.Cl. The molecule has 1 amide bonds. The zero-order valence-electron chi connectivity index (χ0n) is 16.1. The molecule has 0 aliphatic carbocycles. The molecule has 0 aliphatic rings. The van der Waals surface area contributed by atoms with Crippen LogP contribution >= 0.6 is 23.7 Å². The highest BCUT2D eigenvalue weighted by atomic mass is 35.5. The Morgan fingerprint density at radius 1 is 1.04 bits per heavy atom. The first-order valence-corrected chi connectivity index (χ1v) is 9.36. The number of hydrogen-bond donors (Lipinski definition) is 0. The first-order valence-electron chi connectivity index (χ1n) is 8.55. The van der Waals surface area contributed by atoms with Crippen molar-refractivity contribution in [3.8, 4) is 0 Å². The molecule has 1 aromatic heterocycles. The monoisotopic (exact) mass is 425 g/mol. The van der Waals surface area contributed by atoms with Crippen molar-refractivity contribution in [2.45, 2.75) is 13.8 Å². The van der Waals surface area contributed by atoms with Crippen molar-refractivity contribution in [1.29, 1.82) is 0 Å². The number of rotatable bonds is 5. The summed E-state index contributed by atoms with van der Waals surface area (Å²) in [6, 6.07) is 7.70. The van der Waals surface area contributed by atoms with Crippen LogP contribution in [0.4, 0.5) is 13.9 Å². The lowest BCUT2D eigenvalue weighted by atomic mass is 10.1. The van der Waals surface area contributed by atoms with Crippen LogP contribution < -0.4 is 4.90 Å². The number of halogens is 3. The molecule has 150 valence electrons. The first-order chi connectivity index (χ1) is 12.7. The van der Waals surface area contributed by atoms with Gasteiger partial charge in [-0.1, -0.05) is 28.5 Å². The number of fused-ring (bicyclic) bond motifs is 1. The van der Waals surface area contributed by atoms with Crippen LogP contribution in [0.25, 0.3) is 10.2 Å². The normalized spacial score (nSPS) is 11.0. The molecule has 0 radical (unpaired) electrons. The second kappa shape index (κ2) is 8.94. The summed E-state index contributed by atoms with van der Waals surface area (Å²) in [5.41, 5.74) is 2.61. The van der Waals surface area contributed by atoms with E-state index < -0.39 is 11.6 Å². The average Bonchev–Trinajstić information content (AvgIpc) is 2.97. The molecule has 0 spiro atoms. The minimum atomic E-state index is -0.723. The van der Waals surface area contributed by atoms with Crippen LogP contribution in [-0.2, 0) is 0 Å². The molecule has 3 aromatic rings. The molecule has 2 aromatic carbocycles. The van der Waals surface area contributed by atoms with E-state index in [4.69, 9.17) is 0 Å². The molecule has 28 heavy (non-hydrogen) atoms. The first kappa shape index (κ1) is 22.2. The maximum atomic E-state index is 14.1. The van der Waals surface area contributed by atoms with Crippen LogP contribution in [0.3, 0.4) is 0 Å². The van der Waals surface area contributed by atoms with Gasteiger partial charge in [-0.3, -0.25) is 9.69 Å². The van der Waals surface area contributed by atoms with Crippen LogP contribution in [0.5, 0.6) is 0 Å². The number of hydrogen-bond acceptors (Lipinski definition) is 4. The third kappa shape index (κ3) is 4.84. The van der Waals surface area contributed by atoms with Crippen molar-refractivity contribution in [3.05, 3.63) is 58.7 Å². The zero-order valence-corrected chi connectivity index (χ0v) is 17.8. The van der Waals surface area contributed by atoms with Crippen LogP contribution in [0.1, 0.15) is 21.5 Å². The minimum absolute atomic E-state index is 0. The molecule has 1 heterocycles. The van der Waals surface area contributed by atoms with E-state index in [1.807, 2.05) is 51.0 Å². The van der Waals surface area contributed by atoms with Crippen molar-refractivity contribution >= 4 is 45.0 Å². The van der Waals surface area contributed by atoms with Gasteiger partial charge < -0.3 is 4.90 Å². The van der Waals surface area contributed by atoms with E-state index in [2.05, 4.69) is 4.98 Å². The highest BCUT2D eigenvalue weighted by Crippen LogP contribution is 2.32. The number of aromatic nitrogens is 1. The van der Waals surface area contributed by atoms with Crippen LogP contribution in [0.2, 0.25) is 0 Å². The van der Waals surface area contributed by atoms with Gasteiger partial charge in [0.15, 0.2) is 10.9 Å². The molecule has 0 unspecified atom stereocenters. The number of carbonyl (C=O) groups excluding carboxylic acids is 1. The summed E-state index contributed by atoms with van der Waals surface area (Å²) in [6.07, 6.45) is 0. The average molecular weight is 426 g/mol. The van der Waals surface area contributed by atoms with Crippen LogP contribution in [0, 0.1) is 25.5 Å². The van der Waals surface area contributed by atoms with Gasteiger partial charge in [0.1, 0.15) is 11.3 Å². The van der Waals surface area contributed by atoms with Gasteiger partial charge in [-0.2, -0.15) is 0 Å². The highest BCUT2D eigenvalue weighted by Gasteiger charge is 2.23. The van der Waals surface area contributed by atoms with Gasteiger partial charge in [-0.05, 0) is 46.1 Å². The second-order valence-corrected chi connectivity index (χ2v) is 7.88. The topological polar surface area (TPSA) is 36.4 Å². The standard InChI is InChI=1S/C20H21F2N3OS.ClH/c1-12-7-13(2)9-14(8-12)19(26)25(6-5-24(3)4)20-23-18-16(22)10-15(21)11-17(18)27-20;/h7-11H,5-6H2,1-4H3;1H. The van der Waals surface area contributed by atoms with Gasteiger partial charge in [-0.15, -0.1) is 12.4 Å². The van der Waals surface area contributed by atoms with Gasteiger partial charge in [0.25, 0.3) is 5.91 Å². The van der Waals surface area contributed by atoms with Gasteiger partial charge >= 0.3 is 0 Å². The maximum absolute atomic E-state index is 14.1. The fourth-order valence-corrected chi connectivity index (χ4v) is 3.93. The molecule has 0 N–H and O–H groups in total. The molecule has 0 atom stereocenters. The second-order valence-electron chi connectivity index (χ2n) is 6.87. The molecule has 4 nitrogen and oxygen atoms in total. The molecule has 8 heteroatoms. The summed E-state index contributed by atoms with van der Waals surface area (Å²) >= 11 is 1.11. The van der Waals surface area contributed by atoms with E-state index in [1.165, 1.54) is 11.0 Å². The Morgan fingerprint density at radius 2 is 1.68 bits per heavy atom. The van der Waals surface area contributed by atoms with E-state index in [9.17, 15) is 13.6 Å². The van der Waals surface area contributed by atoms with Gasteiger partial charge in [0, 0.05) is 24.7 Å². The van der Waals surface area contributed by atoms with Crippen molar-refractivity contribution < 1.29 is 13.6 Å². The van der Waals surface area contributed by atoms with Gasteiger partial charge in [0.2, 0.25) is 0 Å². The molecule has 0 aliphatic heterocycles. The van der Waals surface area contributed by atoms with Crippen molar-refractivity contribution in [3.63, 3.8) is 0 Å². The Kier molecular flexibility index (Phi) is 7.09. The predicted molar refractivity (Wildman–Crippen MR) is 113 cm³/mol. The fraction of sp³-hybridized carbons (Fsp3) is 0.300. The highest BCUT2D eigenvalue weighted by molar-refractivity contribution is 7.22. The molecule has 0 fully saturated rings. The zero-order chi connectivity index (χ0) is 19.7. The molecule has 3 rings (SSSR count). The summed E-state index contributed by atoms with van der Waals surface area (Å²) in [7, 11) is 3.82. The minimum Gasteiger partial charge on any atom is -0.308 e. The third-order valence-corrected chi connectivity index (χ3v) is 5.14. The Hall–Kier alpha value is -2.09. The summed E-state index contributed by atoms with van der Waals surface area (Å²) in [5.74, 6) is -1.59. The number of nitrogens with zero attached hydrogens (tertiary/aromatic N) is 3. The number of amides is 1. The predicted octanol–water partition coefficient (Wildman–Crippen LogP) is 4.82. The largest absolute Gasteiger partial charge is 0.308 e. The molecule has 0 saturated heterocycles. The van der Waals surface area contributed by atoms with E-state index in [1.54, 1.807) is 0 Å². The number of anilines is 1. The lowest BCUT2D eigenvalue weighted by molar-refractivity contribution is 0.0985. The molecule has 0 saturated carbocycles. The summed E-state index contributed by atoms with van der Waals surface area (Å²) in [4.78, 5) is 21.0. The maximum Gasteiger partial charge on any atom is 0.260 e. The van der Waals surface area contributed by atoms with Crippen molar-refractivity contribution in [2.24, 2.45) is 0 Å². The quantitative estimate of drug-likeness (QED) is 0.588. The summed E-state index contributed by atoms with van der Waals surface area (Å²) in [5, 5.41) is 0.362. The van der Waals surface area contributed by atoms with Gasteiger partial charge in [-0.25, -0.2) is 13.8 Å². The van der Waals surface area contributed by atoms with Crippen molar-refractivity contribution in [1.82, 2.24) is 9.88 Å². The van der Waals surface area contributed by atoms with Crippen molar-refractivity contribution in [2.75, 3.05) is 32.1 Å². The Labute approximate surface area is 173 Å². The van der Waals surface area contributed by atoms with Gasteiger partial charge in [0.05, 0.1) is 4.70 Å². The number of carbonyl (C=O) groups is 1. The number of aryl methyl sites for hydroxylation is 2. The molecule has 0 bridgehead atoms. The number of thiazole rings is 1. The summed E-state index contributed by atoms with van der Waals surface area (Å²) in [6.45, 7) is 4.87. The van der Waals surface area contributed by atoms with E-state index >= 15 is 0 Å². The lowest BCUT2D eigenvalue weighted by Crippen LogP contribution is -2.36. The number of benzene rings is 2. The number of likely N-dealkylation sites (N-methyl/N-ethyl adjacent to an activating group) is 1. The molecular formula is C20H22ClF2N3OS. The van der Waals surface area contributed by atoms with E-state index in [0.29, 0.717) is 28.5 Å². The Morgan fingerprint density at radius 3 is 2.29 bits per heavy atom. The smallest absolute Gasteiger partial charge is 0.260 e.